The van der Waals surface area contributed by atoms with E-state index in [9.17, 15) is 18.3 Å². The number of azo groups is 1. The summed E-state index contributed by atoms with van der Waals surface area (Å²) in [6, 6.07) is 20.2. The number of phenolic OH excluding ortho intramolecular Hbond substituents is 1. The topological polar surface area (TPSA) is 154 Å². The molecule has 5 N–H and O–H groups in total. The zero-order chi connectivity index (χ0) is 23.6. The molecule has 0 heterocycles. The van der Waals surface area contributed by atoms with E-state index in [4.69, 9.17) is 10.3 Å². The summed E-state index contributed by atoms with van der Waals surface area (Å²) in [5, 5.41) is 23.0. The van der Waals surface area contributed by atoms with E-state index in [1.807, 2.05) is 0 Å². The Hall–Kier alpha value is -4.28. The molecule has 0 saturated heterocycles. The lowest BCUT2D eigenvalue weighted by atomic mass is 10.0. The second-order valence-electron chi connectivity index (χ2n) is 7.09. The van der Waals surface area contributed by atoms with Crippen molar-refractivity contribution < 1.29 is 22.9 Å². The number of benzene rings is 4. The summed E-state index contributed by atoms with van der Waals surface area (Å²) in [5.74, 6) is -0.998. The zero-order valence-corrected chi connectivity index (χ0v) is 17.8. The number of fused-ring (bicyclic) bond motifs is 1. The van der Waals surface area contributed by atoms with Crippen LogP contribution in [0, 0.1) is 0 Å². The number of hydrogen-bond acceptors (Lipinski definition) is 7. The van der Waals surface area contributed by atoms with Crippen LogP contribution in [0.1, 0.15) is 10.4 Å². The van der Waals surface area contributed by atoms with E-state index in [0.717, 1.165) is 12.1 Å². The number of nitrogen functional groups attached to an aromatic ring is 1. The van der Waals surface area contributed by atoms with Crippen LogP contribution in [0.25, 0.3) is 10.8 Å². The molecule has 33 heavy (non-hydrogen) atoms. The highest BCUT2D eigenvalue weighted by Crippen LogP contribution is 2.39. The van der Waals surface area contributed by atoms with Crippen molar-refractivity contribution >= 4 is 49.5 Å². The quantitative estimate of drug-likeness (QED) is 0.185. The van der Waals surface area contributed by atoms with Gasteiger partial charge in [-0.1, -0.05) is 24.3 Å². The first kappa shape index (κ1) is 21.9. The zero-order valence-electron chi connectivity index (χ0n) is 17.0. The average Bonchev–Trinajstić information content (AvgIpc) is 2.79. The maximum Gasteiger partial charge on any atom is 0.294 e. The number of nitrogens with one attached hydrogen (secondary N) is 1. The Morgan fingerprint density at radius 2 is 1.58 bits per heavy atom. The van der Waals surface area contributed by atoms with Gasteiger partial charge in [-0.15, -0.1) is 5.11 Å². The van der Waals surface area contributed by atoms with Crippen molar-refractivity contribution in [3.8, 4) is 5.75 Å². The molecular weight excluding hydrogens is 444 g/mol. The minimum Gasteiger partial charge on any atom is -0.505 e. The normalized spacial score (nSPS) is 11.7. The Labute approximate surface area is 189 Å². The van der Waals surface area contributed by atoms with E-state index >= 15 is 0 Å². The SMILES string of the molecule is Nc1ccc(N=Nc2c(O)c(C(=O)Nc3ccc(S(=O)(=O)O)cc3)cc3ccccc23)cc1. The van der Waals surface area contributed by atoms with Gasteiger partial charge < -0.3 is 16.2 Å². The van der Waals surface area contributed by atoms with Crippen molar-refractivity contribution in [2.24, 2.45) is 10.2 Å². The number of rotatable bonds is 5. The molecule has 1 amide bonds. The lowest BCUT2D eigenvalue weighted by Crippen LogP contribution is -2.12. The molecule has 0 aromatic heterocycles. The number of phenols is 1. The molecule has 10 heteroatoms. The van der Waals surface area contributed by atoms with Gasteiger partial charge in [-0.05, 0) is 60.0 Å². The maximum atomic E-state index is 12.9. The molecule has 4 aromatic carbocycles. The Morgan fingerprint density at radius 3 is 2.24 bits per heavy atom. The monoisotopic (exact) mass is 462 g/mol. The summed E-state index contributed by atoms with van der Waals surface area (Å²) in [7, 11) is -4.35. The van der Waals surface area contributed by atoms with Gasteiger partial charge in [-0.25, -0.2) is 0 Å². The van der Waals surface area contributed by atoms with Crippen LogP contribution in [0.3, 0.4) is 0 Å². The van der Waals surface area contributed by atoms with Gasteiger partial charge in [0.25, 0.3) is 16.0 Å². The van der Waals surface area contributed by atoms with E-state index in [-0.39, 0.29) is 27.6 Å². The molecule has 0 atom stereocenters. The highest BCUT2D eigenvalue weighted by Gasteiger charge is 2.19. The van der Waals surface area contributed by atoms with Crippen LogP contribution >= 0.6 is 0 Å². The van der Waals surface area contributed by atoms with Crippen molar-refractivity contribution in [1.82, 2.24) is 0 Å². The van der Waals surface area contributed by atoms with Crippen LogP contribution in [0.2, 0.25) is 0 Å². The van der Waals surface area contributed by atoms with Gasteiger partial charge in [0, 0.05) is 16.8 Å². The van der Waals surface area contributed by atoms with Gasteiger partial charge in [-0.2, -0.15) is 13.5 Å². The molecule has 0 aliphatic rings. The molecule has 0 aliphatic heterocycles. The molecule has 166 valence electrons. The summed E-state index contributed by atoms with van der Waals surface area (Å²) in [5.41, 5.74) is 7.12. The molecule has 4 rings (SSSR count). The standard InChI is InChI=1S/C23H18N4O5S/c24-15-5-7-17(8-6-15)26-27-21-19-4-2-1-3-14(19)13-20(22(21)28)23(29)25-16-9-11-18(12-10-16)33(30,31)32/h1-13,28H,24H2,(H,25,29)(H,30,31,32). The second-order valence-corrected chi connectivity index (χ2v) is 8.51. The average molecular weight is 462 g/mol. The highest BCUT2D eigenvalue weighted by molar-refractivity contribution is 7.85. The second kappa shape index (κ2) is 8.69. The fraction of sp³-hybridized carbons (Fsp3) is 0. The number of aromatic hydroxyl groups is 1. The van der Waals surface area contributed by atoms with Crippen molar-refractivity contribution in [3.05, 3.63) is 84.4 Å². The minimum absolute atomic E-state index is 0.0428. The first-order valence-corrected chi connectivity index (χ1v) is 11.1. The summed E-state index contributed by atoms with van der Waals surface area (Å²) in [6.07, 6.45) is 0. The van der Waals surface area contributed by atoms with Gasteiger partial charge in [0.2, 0.25) is 0 Å². The lowest BCUT2D eigenvalue weighted by molar-refractivity contribution is 0.102. The van der Waals surface area contributed by atoms with Gasteiger partial charge in [0.05, 0.1) is 16.1 Å². The summed E-state index contributed by atoms with van der Waals surface area (Å²) in [6.45, 7) is 0. The number of carbonyl (C=O) groups is 1. The Balaban J connectivity index is 1.71. The number of nitrogens with two attached hydrogens (primary N) is 1. The number of amides is 1. The first-order chi connectivity index (χ1) is 15.7. The van der Waals surface area contributed by atoms with E-state index in [0.29, 0.717) is 22.1 Å². The third kappa shape index (κ3) is 4.81. The van der Waals surface area contributed by atoms with Crippen LogP contribution in [-0.4, -0.2) is 24.0 Å². The number of hydrogen-bond donors (Lipinski definition) is 4. The fourth-order valence-corrected chi connectivity index (χ4v) is 3.63. The van der Waals surface area contributed by atoms with Crippen LogP contribution < -0.4 is 11.1 Å². The van der Waals surface area contributed by atoms with Crippen LogP contribution in [0.4, 0.5) is 22.7 Å². The summed E-state index contributed by atoms with van der Waals surface area (Å²) < 4.78 is 31.4. The molecule has 0 fully saturated rings. The first-order valence-electron chi connectivity index (χ1n) is 9.63. The van der Waals surface area contributed by atoms with Crippen LogP contribution in [-0.2, 0) is 10.1 Å². The maximum absolute atomic E-state index is 12.9. The lowest BCUT2D eigenvalue weighted by Gasteiger charge is -2.11. The smallest absolute Gasteiger partial charge is 0.294 e. The van der Waals surface area contributed by atoms with E-state index in [2.05, 4.69) is 15.5 Å². The number of anilines is 2. The minimum atomic E-state index is -4.35. The molecular formula is C23H18N4O5S. The Morgan fingerprint density at radius 1 is 0.909 bits per heavy atom. The number of carbonyl (C=O) groups excluding carboxylic acids is 1. The molecule has 0 radical (unpaired) electrons. The molecule has 0 spiro atoms. The van der Waals surface area contributed by atoms with Crippen LogP contribution in [0.15, 0.2) is 94.0 Å². The van der Waals surface area contributed by atoms with Gasteiger partial charge in [-0.3, -0.25) is 9.35 Å². The highest BCUT2D eigenvalue weighted by atomic mass is 32.2. The summed E-state index contributed by atoms with van der Waals surface area (Å²) in [4.78, 5) is 12.6. The van der Waals surface area contributed by atoms with Crippen molar-refractivity contribution in [1.29, 1.82) is 0 Å². The fourth-order valence-electron chi connectivity index (χ4n) is 3.15. The third-order valence-electron chi connectivity index (χ3n) is 4.81. The van der Waals surface area contributed by atoms with E-state index in [1.165, 1.54) is 18.2 Å². The van der Waals surface area contributed by atoms with E-state index < -0.39 is 16.0 Å². The number of nitrogens with zero attached hydrogens (tertiary/aromatic N) is 2. The van der Waals surface area contributed by atoms with Crippen molar-refractivity contribution in [3.63, 3.8) is 0 Å². The van der Waals surface area contributed by atoms with Gasteiger partial charge in [0.15, 0.2) is 5.75 Å². The molecule has 0 aliphatic carbocycles. The predicted molar refractivity (Wildman–Crippen MR) is 125 cm³/mol. The Bertz CT molecular complexity index is 1480. The molecule has 9 nitrogen and oxygen atoms in total. The largest absolute Gasteiger partial charge is 0.505 e. The van der Waals surface area contributed by atoms with Crippen molar-refractivity contribution in [2.75, 3.05) is 11.1 Å². The molecule has 4 aromatic rings. The predicted octanol–water partition coefficient (Wildman–Crippen LogP) is 5.04. The van der Waals surface area contributed by atoms with Gasteiger partial charge in [0.1, 0.15) is 5.69 Å². The van der Waals surface area contributed by atoms with E-state index in [1.54, 1.807) is 48.5 Å². The molecule has 0 saturated carbocycles. The van der Waals surface area contributed by atoms with Crippen LogP contribution in [0.5, 0.6) is 5.75 Å². The molecule has 0 unspecified atom stereocenters. The van der Waals surface area contributed by atoms with Crippen molar-refractivity contribution in [2.45, 2.75) is 4.90 Å². The van der Waals surface area contributed by atoms with Gasteiger partial charge >= 0.3 is 0 Å². The molecule has 0 bridgehead atoms. The Kier molecular flexibility index (Phi) is 5.78. The third-order valence-corrected chi connectivity index (χ3v) is 5.68. The summed E-state index contributed by atoms with van der Waals surface area (Å²) >= 11 is 0.